The maximum Gasteiger partial charge on any atom is 0.115 e. The van der Waals surface area contributed by atoms with Crippen LogP contribution in [-0.2, 0) is 6.54 Å². The van der Waals surface area contributed by atoms with Crippen molar-refractivity contribution in [3.8, 4) is 0 Å². The van der Waals surface area contributed by atoms with Gasteiger partial charge < -0.3 is 4.48 Å². The molecule has 0 aliphatic carbocycles. The van der Waals surface area contributed by atoms with Crippen LogP contribution in [0.3, 0.4) is 0 Å². The van der Waals surface area contributed by atoms with E-state index in [1.54, 1.807) is 5.56 Å². The summed E-state index contributed by atoms with van der Waals surface area (Å²) in [6, 6.07) is 23.0. The molecule has 1 nitrogen and oxygen atoms in total. The number of benzene rings is 2. The van der Waals surface area contributed by atoms with Crippen LogP contribution in [0.1, 0.15) is 36.4 Å². The second-order valence-corrected chi connectivity index (χ2v) is 6.92. The van der Waals surface area contributed by atoms with E-state index in [1.807, 2.05) is 0 Å². The van der Waals surface area contributed by atoms with Gasteiger partial charge in [0.1, 0.15) is 12.6 Å². The van der Waals surface area contributed by atoms with E-state index < -0.39 is 0 Å². The van der Waals surface area contributed by atoms with E-state index in [0.717, 1.165) is 5.92 Å². The molecule has 0 N–H and O–H groups in total. The lowest BCUT2D eigenvalue weighted by atomic mass is 9.77. The van der Waals surface area contributed by atoms with Crippen LogP contribution in [0.15, 0.2) is 60.7 Å². The Morgan fingerprint density at radius 2 is 1.43 bits per heavy atom. The minimum Gasteiger partial charge on any atom is -0.314 e. The molecule has 2 aromatic carbocycles. The summed E-state index contributed by atoms with van der Waals surface area (Å²) in [4.78, 5) is 0. The highest BCUT2D eigenvalue weighted by Gasteiger charge is 2.47. The molecule has 0 aromatic heterocycles. The van der Waals surface area contributed by atoms with Crippen molar-refractivity contribution in [3.05, 3.63) is 71.8 Å². The first-order valence-electron chi connectivity index (χ1n) is 8.30. The molecule has 3 aliphatic rings. The highest BCUT2D eigenvalue weighted by atomic mass is 15.4. The van der Waals surface area contributed by atoms with E-state index in [2.05, 4.69) is 60.7 Å². The van der Waals surface area contributed by atoms with Gasteiger partial charge >= 0.3 is 0 Å². The Hall–Kier alpha value is -1.60. The van der Waals surface area contributed by atoms with E-state index in [0.29, 0.717) is 6.04 Å². The zero-order chi connectivity index (χ0) is 14.1. The Bertz CT molecular complexity index is 582. The van der Waals surface area contributed by atoms with Gasteiger partial charge in [0, 0.05) is 17.5 Å². The molecule has 21 heavy (non-hydrogen) atoms. The standard InChI is InChI=1S/C20H24N/c1-3-7-18(8-4-1)16-21-13-11-17(12-14-21)15-20(21)19-9-5-2-6-10-19/h1-10,17,20H,11-16H2/q+1. The molecule has 1 unspecified atom stereocenters. The quantitative estimate of drug-likeness (QED) is 0.722. The van der Waals surface area contributed by atoms with E-state index in [9.17, 15) is 0 Å². The van der Waals surface area contributed by atoms with Gasteiger partial charge in [-0.25, -0.2) is 0 Å². The monoisotopic (exact) mass is 278 g/mol. The fraction of sp³-hybridized carbons (Fsp3) is 0.400. The molecule has 1 heteroatoms. The lowest BCUT2D eigenvalue weighted by Gasteiger charge is -2.54. The summed E-state index contributed by atoms with van der Waals surface area (Å²) < 4.78 is 1.28. The normalized spacial score (nSPS) is 31.2. The Kier molecular flexibility index (Phi) is 3.31. The molecule has 5 rings (SSSR count). The maximum atomic E-state index is 2.34. The fourth-order valence-electron chi connectivity index (χ4n) is 4.57. The summed E-state index contributed by atoms with van der Waals surface area (Å²) in [5, 5.41) is 0. The molecule has 3 saturated heterocycles. The molecule has 0 spiro atoms. The van der Waals surface area contributed by atoms with Gasteiger partial charge in [0.2, 0.25) is 0 Å². The van der Waals surface area contributed by atoms with Gasteiger partial charge in [0.05, 0.1) is 13.1 Å². The minimum absolute atomic E-state index is 0.707. The zero-order valence-electron chi connectivity index (χ0n) is 12.6. The Balaban J connectivity index is 1.68. The van der Waals surface area contributed by atoms with Crippen molar-refractivity contribution < 1.29 is 4.48 Å². The number of quaternary nitrogens is 1. The van der Waals surface area contributed by atoms with Crippen LogP contribution in [0.5, 0.6) is 0 Å². The zero-order valence-corrected chi connectivity index (χ0v) is 12.6. The van der Waals surface area contributed by atoms with Gasteiger partial charge in [-0.1, -0.05) is 60.7 Å². The second-order valence-electron chi connectivity index (χ2n) is 6.92. The summed E-state index contributed by atoms with van der Waals surface area (Å²) in [7, 11) is 0. The Labute approximate surface area is 127 Å². The van der Waals surface area contributed by atoms with Crippen molar-refractivity contribution in [1.82, 2.24) is 0 Å². The number of rotatable bonds is 3. The molecule has 0 amide bonds. The van der Waals surface area contributed by atoms with Crippen LogP contribution in [0.4, 0.5) is 0 Å². The van der Waals surface area contributed by atoms with Crippen molar-refractivity contribution in [2.45, 2.75) is 31.8 Å². The van der Waals surface area contributed by atoms with Crippen LogP contribution in [0, 0.1) is 5.92 Å². The summed E-state index contributed by atoms with van der Waals surface area (Å²) in [6.45, 7) is 3.92. The van der Waals surface area contributed by atoms with Crippen LogP contribution in [0.2, 0.25) is 0 Å². The first-order valence-corrected chi connectivity index (χ1v) is 8.30. The Morgan fingerprint density at radius 1 is 0.810 bits per heavy atom. The fourth-order valence-corrected chi connectivity index (χ4v) is 4.57. The predicted molar refractivity (Wildman–Crippen MR) is 86.7 cm³/mol. The summed E-state index contributed by atoms with van der Waals surface area (Å²) in [6.07, 6.45) is 4.24. The molecule has 3 heterocycles. The molecule has 2 aromatic rings. The van der Waals surface area contributed by atoms with Gasteiger partial charge in [-0.05, 0) is 18.8 Å². The molecule has 3 fully saturated rings. The van der Waals surface area contributed by atoms with Crippen molar-refractivity contribution in [1.29, 1.82) is 0 Å². The summed E-state index contributed by atoms with van der Waals surface area (Å²) in [5.41, 5.74) is 3.05. The minimum atomic E-state index is 0.707. The lowest BCUT2D eigenvalue weighted by molar-refractivity contribution is -0.984. The third-order valence-corrected chi connectivity index (χ3v) is 5.71. The van der Waals surface area contributed by atoms with Gasteiger partial charge in [0.15, 0.2) is 0 Å². The number of hydrogen-bond donors (Lipinski definition) is 0. The van der Waals surface area contributed by atoms with Crippen LogP contribution in [0.25, 0.3) is 0 Å². The number of nitrogens with zero attached hydrogens (tertiary/aromatic N) is 1. The van der Waals surface area contributed by atoms with Crippen LogP contribution >= 0.6 is 0 Å². The number of hydrogen-bond acceptors (Lipinski definition) is 0. The molecular weight excluding hydrogens is 254 g/mol. The Morgan fingerprint density at radius 3 is 2.10 bits per heavy atom. The second kappa shape index (κ2) is 5.31. The maximum absolute atomic E-state index is 2.34. The molecule has 0 radical (unpaired) electrons. The smallest absolute Gasteiger partial charge is 0.115 e. The lowest BCUT2D eigenvalue weighted by Crippen LogP contribution is -2.59. The van der Waals surface area contributed by atoms with Crippen molar-refractivity contribution >= 4 is 0 Å². The van der Waals surface area contributed by atoms with Gasteiger partial charge in [-0.3, -0.25) is 0 Å². The van der Waals surface area contributed by atoms with E-state index in [1.165, 1.54) is 48.9 Å². The first kappa shape index (κ1) is 13.1. The number of piperidine rings is 3. The first-order chi connectivity index (χ1) is 10.4. The summed E-state index contributed by atoms with van der Waals surface area (Å²) in [5.74, 6) is 0.964. The van der Waals surface area contributed by atoms with Gasteiger partial charge in [-0.15, -0.1) is 0 Å². The SMILES string of the molecule is c1ccc(C[N+]23CCC(CC2)CC3c2ccccc2)cc1. The van der Waals surface area contributed by atoms with Gasteiger partial charge in [-0.2, -0.15) is 0 Å². The van der Waals surface area contributed by atoms with Crippen LogP contribution in [-0.4, -0.2) is 17.6 Å². The third kappa shape index (κ3) is 2.40. The van der Waals surface area contributed by atoms with Crippen molar-refractivity contribution in [3.63, 3.8) is 0 Å². The largest absolute Gasteiger partial charge is 0.314 e. The molecule has 108 valence electrons. The average molecular weight is 278 g/mol. The molecular formula is C20H24N+. The topological polar surface area (TPSA) is 0 Å². The van der Waals surface area contributed by atoms with Crippen molar-refractivity contribution in [2.75, 3.05) is 13.1 Å². The molecule has 3 aliphatic heterocycles. The molecule has 1 atom stereocenters. The van der Waals surface area contributed by atoms with Gasteiger partial charge in [0.25, 0.3) is 0 Å². The summed E-state index contributed by atoms with van der Waals surface area (Å²) >= 11 is 0. The van der Waals surface area contributed by atoms with E-state index >= 15 is 0 Å². The number of fused-ring (bicyclic) bond motifs is 3. The van der Waals surface area contributed by atoms with Crippen LogP contribution < -0.4 is 0 Å². The third-order valence-electron chi connectivity index (χ3n) is 5.71. The van der Waals surface area contributed by atoms with Crippen molar-refractivity contribution in [2.24, 2.45) is 5.92 Å². The highest BCUT2D eigenvalue weighted by Crippen LogP contribution is 2.47. The molecule has 2 bridgehead atoms. The predicted octanol–water partition coefficient (Wildman–Crippen LogP) is 4.56. The average Bonchev–Trinajstić information content (AvgIpc) is 2.57. The highest BCUT2D eigenvalue weighted by molar-refractivity contribution is 5.19. The molecule has 0 saturated carbocycles. The van der Waals surface area contributed by atoms with E-state index in [4.69, 9.17) is 0 Å². The van der Waals surface area contributed by atoms with E-state index in [-0.39, 0.29) is 0 Å².